The summed E-state index contributed by atoms with van der Waals surface area (Å²) in [7, 11) is 4.06. The van der Waals surface area contributed by atoms with Crippen LogP contribution in [0.15, 0.2) is 121 Å². The predicted octanol–water partition coefficient (Wildman–Crippen LogP) is 8.12. The molecule has 0 saturated heterocycles. The average Bonchev–Trinajstić information content (AvgIpc) is 3.86. The second-order valence-electron chi connectivity index (χ2n) is 11.7. The Kier molecular flexibility index (Phi) is 7.07. The molecule has 0 spiro atoms. The van der Waals surface area contributed by atoms with Crippen molar-refractivity contribution in [3.05, 3.63) is 145 Å². The first kappa shape index (κ1) is 29.6. The molecule has 0 radical (unpaired) electrons. The van der Waals surface area contributed by atoms with Gasteiger partial charge in [-0.25, -0.2) is 5.26 Å². The third-order valence-corrected chi connectivity index (χ3v) is 9.07. The Bertz CT molecular complexity index is 2820. The molecule has 10 aromatic rings. The van der Waals surface area contributed by atoms with Crippen molar-refractivity contribution in [1.29, 1.82) is 5.26 Å². The van der Waals surface area contributed by atoms with Gasteiger partial charge in [-0.2, -0.15) is 30.3 Å². The third-order valence-electron chi connectivity index (χ3n) is 9.07. The van der Waals surface area contributed by atoms with E-state index >= 15 is 0 Å². The molecule has 228 valence electrons. The van der Waals surface area contributed by atoms with Crippen LogP contribution in [0.2, 0.25) is 0 Å². The summed E-state index contributed by atoms with van der Waals surface area (Å²) in [6.07, 6.45) is 3.27. The van der Waals surface area contributed by atoms with Crippen molar-refractivity contribution in [1.82, 2.24) is 18.5 Å². The van der Waals surface area contributed by atoms with Gasteiger partial charge in [0.05, 0.1) is 51.5 Å². The maximum atomic E-state index is 9.10. The number of fused-ring (bicyclic) bond motifs is 9. The Morgan fingerprint density at radius 3 is 2.21 bits per heavy atom. The molecule has 0 aliphatic heterocycles. The zero-order valence-corrected chi connectivity index (χ0v) is 28.5. The molecular weight excluding hydrogens is 769 g/mol. The van der Waals surface area contributed by atoms with E-state index in [-0.39, 0.29) is 20.1 Å². The smallest absolute Gasteiger partial charge is 0.365 e. The van der Waals surface area contributed by atoms with Gasteiger partial charge in [0.1, 0.15) is 0 Å². The molecule has 7 heteroatoms. The number of hydrogen-bond donors (Lipinski definition) is 0. The van der Waals surface area contributed by atoms with Crippen LogP contribution in [0.4, 0.5) is 0 Å². The van der Waals surface area contributed by atoms with Gasteiger partial charge in [0.2, 0.25) is 6.33 Å². The first-order valence-electron chi connectivity index (χ1n) is 15.4. The monoisotopic (exact) mass is 795 g/mol. The van der Waals surface area contributed by atoms with E-state index in [1.807, 2.05) is 64.7 Å². The van der Waals surface area contributed by atoms with Crippen LogP contribution < -0.4 is 4.57 Å². The minimum atomic E-state index is 0. The number of imidazole rings is 2. The molecule has 4 aromatic heterocycles. The number of hydrogen-bond acceptors (Lipinski definition) is 2. The molecular formula is C41H26IrN6+. The topological polar surface area (TPSA) is 54.8 Å². The molecule has 0 unspecified atom stereocenters. The van der Waals surface area contributed by atoms with E-state index in [4.69, 9.17) is 10.2 Å². The van der Waals surface area contributed by atoms with E-state index in [2.05, 4.69) is 107 Å². The van der Waals surface area contributed by atoms with Crippen LogP contribution in [0, 0.1) is 29.8 Å². The molecule has 0 amide bonds. The summed E-state index contributed by atoms with van der Waals surface area (Å²) >= 11 is 0. The zero-order valence-electron chi connectivity index (χ0n) is 26.1. The van der Waals surface area contributed by atoms with E-state index in [9.17, 15) is 0 Å². The summed E-state index contributed by atoms with van der Waals surface area (Å²) in [5, 5.41) is 14.1. The van der Waals surface area contributed by atoms with Crippen molar-refractivity contribution in [3.63, 3.8) is 0 Å². The van der Waals surface area contributed by atoms with Gasteiger partial charge in [0.25, 0.3) is 0 Å². The molecule has 0 aliphatic carbocycles. The van der Waals surface area contributed by atoms with Crippen molar-refractivity contribution in [2.45, 2.75) is 0 Å². The number of rotatable bonds is 2. The Hall–Kier alpha value is -5.80. The van der Waals surface area contributed by atoms with E-state index in [0.717, 1.165) is 33.6 Å². The number of nitrogens with zero attached hydrogens (tertiary/aromatic N) is 6. The predicted molar refractivity (Wildman–Crippen MR) is 186 cm³/mol. The van der Waals surface area contributed by atoms with Gasteiger partial charge in [0.15, 0.2) is 0 Å². The van der Waals surface area contributed by atoms with Crippen LogP contribution in [0.3, 0.4) is 0 Å². The standard InChI is InChI=1S/C27H15N4.C14H11N2.Ir/c1-30-26-22(29-27(30)17-11-9-16(15-28)10-12-17)14-13-21-20-7-4-6-19-18-5-2-3-8-23(18)31(24(19)20)25(21)26;1-15-11-16(12-7-3-2-4-8-12)14-10-6-5-9-13(14)15;/h2-11,13-14H,1H3;2-7,9-10H,1H3;/q2*-1;+3. The Balaban J connectivity index is 0.000000167. The summed E-state index contributed by atoms with van der Waals surface area (Å²) in [4.78, 5) is 4.94. The second kappa shape index (κ2) is 11.5. The molecule has 48 heavy (non-hydrogen) atoms. The summed E-state index contributed by atoms with van der Waals surface area (Å²) in [5.74, 6) is 0.844. The van der Waals surface area contributed by atoms with Crippen molar-refractivity contribution in [3.8, 4) is 23.1 Å². The van der Waals surface area contributed by atoms with Gasteiger partial charge in [-0.15, -0.1) is 29.8 Å². The summed E-state index contributed by atoms with van der Waals surface area (Å²) in [6.45, 7) is 0. The maximum absolute atomic E-state index is 9.10. The van der Waals surface area contributed by atoms with Crippen molar-refractivity contribution in [2.75, 3.05) is 0 Å². The van der Waals surface area contributed by atoms with E-state index in [1.54, 1.807) is 6.07 Å². The quantitative estimate of drug-likeness (QED) is 0.131. The molecule has 0 saturated carbocycles. The molecule has 10 rings (SSSR count). The summed E-state index contributed by atoms with van der Waals surface area (Å²) < 4.78 is 8.57. The van der Waals surface area contributed by atoms with Crippen LogP contribution in [0.5, 0.6) is 0 Å². The van der Waals surface area contributed by atoms with Crippen molar-refractivity contribution in [2.24, 2.45) is 14.1 Å². The van der Waals surface area contributed by atoms with Crippen molar-refractivity contribution >= 4 is 60.2 Å². The first-order valence-corrected chi connectivity index (χ1v) is 15.4. The minimum absolute atomic E-state index is 0. The average molecular weight is 795 g/mol. The minimum Gasteiger partial charge on any atom is -0.365 e. The van der Waals surface area contributed by atoms with E-state index in [1.165, 1.54) is 43.6 Å². The molecule has 4 heterocycles. The SMILES string of the molecule is C[n+]1[c-]n(-c2[c-]cccc2)c2ccccc21.Cn1c(-c2[c-]cc(C#N)cc2)nc2ccc3c4cccc5c6ccccc6n(c54)c3c21.[Ir+3]. The number of benzene rings is 6. The maximum Gasteiger partial charge on any atom is 3.00 e. The van der Waals surface area contributed by atoms with Crippen LogP contribution in [-0.4, -0.2) is 18.5 Å². The van der Waals surface area contributed by atoms with Crippen molar-refractivity contribution < 1.29 is 24.7 Å². The van der Waals surface area contributed by atoms with Crippen LogP contribution >= 0.6 is 0 Å². The summed E-state index contributed by atoms with van der Waals surface area (Å²) in [6, 6.07) is 49.7. The fourth-order valence-electron chi connectivity index (χ4n) is 6.97. The molecule has 0 atom stereocenters. The van der Waals surface area contributed by atoms with Gasteiger partial charge >= 0.3 is 20.1 Å². The second-order valence-corrected chi connectivity index (χ2v) is 11.7. The number of para-hydroxylation sites is 5. The molecule has 0 aliphatic rings. The molecule has 6 aromatic carbocycles. The molecule has 6 nitrogen and oxygen atoms in total. The first-order chi connectivity index (χ1) is 23.1. The summed E-state index contributed by atoms with van der Waals surface area (Å²) in [5.41, 5.74) is 10.5. The van der Waals surface area contributed by atoms with E-state index in [0.29, 0.717) is 5.56 Å². The van der Waals surface area contributed by atoms with E-state index < -0.39 is 0 Å². The van der Waals surface area contributed by atoms with Gasteiger partial charge in [-0.1, -0.05) is 66.4 Å². The zero-order chi connectivity index (χ0) is 31.6. The van der Waals surface area contributed by atoms with Gasteiger partial charge < -0.3 is 18.1 Å². The fraction of sp³-hybridized carbons (Fsp3) is 0.0488. The third kappa shape index (κ3) is 4.35. The molecule has 0 bridgehead atoms. The molecule has 0 N–H and O–H groups in total. The van der Waals surface area contributed by atoms with Gasteiger partial charge in [-0.05, 0) is 23.8 Å². The number of aromatic nitrogens is 5. The Labute approximate surface area is 290 Å². The normalized spacial score (nSPS) is 11.4. The van der Waals surface area contributed by atoms with Gasteiger partial charge in [0, 0.05) is 34.7 Å². The van der Waals surface area contributed by atoms with Crippen LogP contribution in [-0.2, 0) is 34.2 Å². The number of aryl methyl sites for hydroxylation is 2. The number of nitriles is 1. The van der Waals surface area contributed by atoms with Gasteiger partial charge in [-0.3, -0.25) is 4.98 Å². The van der Waals surface area contributed by atoms with Crippen LogP contribution in [0.25, 0.3) is 77.2 Å². The Morgan fingerprint density at radius 1 is 0.708 bits per heavy atom. The largest absolute Gasteiger partial charge is 3.00 e. The fourth-order valence-corrected chi connectivity index (χ4v) is 6.97. The molecule has 0 fully saturated rings. The Morgan fingerprint density at radius 2 is 1.44 bits per heavy atom. The van der Waals surface area contributed by atoms with Crippen LogP contribution in [0.1, 0.15) is 5.56 Å².